The van der Waals surface area contributed by atoms with Crippen LogP contribution in [0.5, 0.6) is 0 Å². The predicted octanol–water partition coefficient (Wildman–Crippen LogP) is 3.79. The number of unbranched alkanes of at least 4 members (excludes halogenated alkanes) is 6. The van der Waals surface area contributed by atoms with E-state index in [1.54, 1.807) is 0 Å². The Morgan fingerprint density at radius 1 is 0.650 bits per heavy atom. The Morgan fingerprint density at radius 3 is 1.40 bits per heavy atom. The number of aliphatic hydroxyl groups is 3. The fraction of sp³-hybridized carbons (Fsp3) is 1.00. The van der Waals surface area contributed by atoms with Gasteiger partial charge in [-0.05, 0) is 19.3 Å². The maximum atomic E-state index is 10.9. The van der Waals surface area contributed by atoms with Gasteiger partial charge in [-0.3, -0.25) is 0 Å². The lowest BCUT2D eigenvalue weighted by molar-refractivity contribution is -0.182. The molecule has 3 nitrogen and oxygen atoms in total. The van der Waals surface area contributed by atoms with Crippen molar-refractivity contribution in [1.29, 1.82) is 0 Å². The third kappa shape index (κ3) is 6.11. The van der Waals surface area contributed by atoms with Crippen LogP contribution >= 0.6 is 0 Å². The standard InChI is InChI=1S/C17H36O3/c1-4-7-9-11-13-17(20,14-12-10-8-5-2)16(19,6-3)15-18/h18-20H,4-15H2,1-3H3. The van der Waals surface area contributed by atoms with E-state index in [9.17, 15) is 15.3 Å². The SMILES string of the molecule is CCCCCCC(O)(CCCCCC)C(O)(CC)CO. The van der Waals surface area contributed by atoms with Crippen molar-refractivity contribution in [3.63, 3.8) is 0 Å². The van der Waals surface area contributed by atoms with Crippen LogP contribution in [0.15, 0.2) is 0 Å². The summed E-state index contributed by atoms with van der Waals surface area (Å²) in [5, 5.41) is 31.0. The Balaban J connectivity index is 4.57. The topological polar surface area (TPSA) is 60.7 Å². The average molecular weight is 288 g/mol. The van der Waals surface area contributed by atoms with Crippen molar-refractivity contribution in [3.8, 4) is 0 Å². The quantitative estimate of drug-likeness (QED) is 0.452. The van der Waals surface area contributed by atoms with Gasteiger partial charge in [-0.15, -0.1) is 0 Å². The molecule has 0 aromatic rings. The van der Waals surface area contributed by atoms with Crippen LogP contribution in [-0.4, -0.2) is 33.1 Å². The average Bonchev–Trinajstić information content (AvgIpc) is 2.47. The van der Waals surface area contributed by atoms with E-state index < -0.39 is 11.2 Å². The highest BCUT2D eigenvalue weighted by molar-refractivity contribution is 4.98. The van der Waals surface area contributed by atoms with Gasteiger partial charge in [0.05, 0.1) is 12.2 Å². The highest BCUT2D eigenvalue weighted by atomic mass is 16.4. The Labute approximate surface area is 125 Å². The molecular weight excluding hydrogens is 252 g/mol. The van der Waals surface area contributed by atoms with E-state index >= 15 is 0 Å². The van der Waals surface area contributed by atoms with Crippen LogP contribution in [0.2, 0.25) is 0 Å². The van der Waals surface area contributed by atoms with E-state index in [4.69, 9.17) is 0 Å². The number of hydrogen-bond acceptors (Lipinski definition) is 3. The van der Waals surface area contributed by atoms with Gasteiger partial charge in [0, 0.05) is 0 Å². The summed E-state index contributed by atoms with van der Waals surface area (Å²) < 4.78 is 0. The number of aliphatic hydroxyl groups excluding tert-OH is 1. The molecule has 20 heavy (non-hydrogen) atoms. The molecule has 0 aromatic heterocycles. The smallest absolute Gasteiger partial charge is 0.116 e. The fourth-order valence-corrected chi connectivity index (χ4v) is 2.87. The molecular formula is C17H36O3. The molecule has 3 heteroatoms. The zero-order valence-electron chi connectivity index (χ0n) is 13.8. The second kappa shape index (κ2) is 10.6. The summed E-state index contributed by atoms with van der Waals surface area (Å²) in [6.45, 7) is 5.79. The molecule has 0 heterocycles. The van der Waals surface area contributed by atoms with Gasteiger partial charge >= 0.3 is 0 Å². The minimum Gasteiger partial charge on any atom is -0.393 e. The number of rotatable bonds is 13. The van der Waals surface area contributed by atoms with Gasteiger partial charge in [0.15, 0.2) is 0 Å². The highest BCUT2D eigenvalue weighted by Gasteiger charge is 2.46. The van der Waals surface area contributed by atoms with Crippen molar-refractivity contribution in [1.82, 2.24) is 0 Å². The maximum Gasteiger partial charge on any atom is 0.116 e. The molecule has 0 fully saturated rings. The van der Waals surface area contributed by atoms with Gasteiger partial charge in [-0.1, -0.05) is 72.1 Å². The first-order valence-electron chi connectivity index (χ1n) is 8.55. The maximum absolute atomic E-state index is 10.9. The summed E-state index contributed by atoms with van der Waals surface area (Å²) in [5.41, 5.74) is -2.50. The molecule has 0 aromatic carbocycles. The van der Waals surface area contributed by atoms with Crippen molar-refractivity contribution in [2.45, 2.75) is 103 Å². The Morgan fingerprint density at radius 2 is 1.10 bits per heavy atom. The molecule has 0 spiro atoms. The minimum absolute atomic E-state index is 0.360. The van der Waals surface area contributed by atoms with Crippen LogP contribution in [0.1, 0.15) is 91.4 Å². The molecule has 0 bridgehead atoms. The summed E-state index contributed by atoms with van der Waals surface area (Å²) in [6.07, 6.45) is 10.2. The highest BCUT2D eigenvalue weighted by Crippen LogP contribution is 2.35. The molecule has 0 saturated carbocycles. The summed E-state index contributed by atoms with van der Waals surface area (Å²) >= 11 is 0. The third-order valence-electron chi connectivity index (χ3n) is 4.60. The van der Waals surface area contributed by atoms with Gasteiger partial charge in [-0.25, -0.2) is 0 Å². The second-order valence-electron chi connectivity index (χ2n) is 6.20. The van der Waals surface area contributed by atoms with Crippen LogP contribution in [0.4, 0.5) is 0 Å². The van der Waals surface area contributed by atoms with Crippen molar-refractivity contribution in [2.75, 3.05) is 6.61 Å². The van der Waals surface area contributed by atoms with Gasteiger partial charge in [-0.2, -0.15) is 0 Å². The molecule has 0 aliphatic carbocycles. The van der Waals surface area contributed by atoms with E-state index in [0.717, 1.165) is 51.4 Å². The molecule has 0 aliphatic rings. The summed E-state index contributed by atoms with van der Waals surface area (Å²) in [5.74, 6) is 0. The molecule has 0 amide bonds. The molecule has 0 aliphatic heterocycles. The van der Waals surface area contributed by atoms with Gasteiger partial charge in [0.1, 0.15) is 5.60 Å². The molecule has 122 valence electrons. The van der Waals surface area contributed by atoms with Crippen molar-refractivity contribution in [2.24, 2.45) is 0 Å². The summed E-state index contributed by atoms with van der Waals surface area (Å²) in [7, 11) is 0. The Bertz CT molecular complexity index is 212. The Kier molecular flexibility index (Phi) is 10.5. The second-order valence-corrected chi connectivity index (χ2v) is 6.20. The Hall–Kier alpha value is -0.120. The summed E-state index contributed by atoms with van der Waals surface area (Å²) in [4.78, 5) is 0. The normalized spacial score (nSPS) is 15.3. The monoisotopic (exact) mass is 288 g/mol. The molecule has 1 atom stereocenters. The lowest BCUT2D eigenvalue weighted by Gasteiger charge is -2.42. The molecule has 3 N–H and O–H groups in total. The third-order valence-corrected chi connectivity index (χ3v) is 4.60. The zero-order chi connectivity index (χ0) is 15.5. The van der Waals surface area contributed by atoms with Gasteiger partial charge in [0.2, 0.25) is 0 Å². The first-order chi connectivity index (χ1) is 9.49. The van der Waals surface area contributed by atoms with E-state index in [1.165, 1.54) is 0 Å². The molecule has 1 unspecified atom stereocenters. The van der Waals surface area contributed by atoms with E-state index in [2.05, 4.69) is 13.8 Å². The van der Waals surface area contributed by atoms with Crippen LogP contribution in [0.25, 0.3) is 0 Å². The van der Waals surface area contributed by atoms with E-state index in [0.29, 0.717) is 19.3 Å². The van der Waals surface area contributed by atoms with E-state index in [1.807, 2.05) is 6.92 Å². The van der Waals surface area contributed by atoms with Crippen LogP contribution in [0, 0.1) is 0 Å². The minimum atomic E-state index is -1.36. The molecule has 0 rings (SSSR count). The van der Waals surface area contributed by atoms with Crippen molar-refractivity contribution < 1.29 is 15.3 Å². The van der Waals surface area contributed by atoms with Crippen molar-refractivity contribution >= 4 is 0 Å². The molecule has 0 saturated heterocycles. The zero-order valence-corrected chi connectivity index (χ0v) is 13.8. The predicted molar refractivity (Wildman–Crippen MR) is 84.8 cm³/mol. The molecule has 0 radical (unpaired) electrons. The lowest BCUT2D eigenvalue weighted by Crippen LogP contribution is -2.56. The first kappa shape index (κ1) is 19.9. The lowest BCUT2D eigenvalue weighted by atomic mass is 9.74. The van der Waals surface area contributed by atoms with Crippen LogP contribution < -0.4 is 0 Å². The summed E-state index contributed by atoms with van der Waals surface area (Å²) in [6, 6.07) is 0. The van der Waals surface area contributed by atoms with E-state index in [-0.39, 0.29) is 6.61 Å². The van der Waals surface area contributed by atoms with Crippen LogP contribution in [0.3, 0.4) is 0 Å². The van der Waals surface area contributed by atoms with Gasteiger partial charge < -0.3 is 15.3 Å². The van der Waals surface area contributed by atoms with Gasteiger partial charge in [0.25, 0.3) is 0 Å². The van der Waals surface area contributed by atoms with Crippen molar-refractivity contribution in [3.05, 3.63) is 0 Å². The first-order valence-corrected chi connectivity index (χ1v) is 8.55. The largest absolute Gasteiger partial charge is 0.393 e. The van der Waals surface area contributed by atoms with Crippen LogP contribution in [-0.2, 0) is 0 Å². The number of hydrogen-bond donors (Lipinski definition) is 3. The fourth-order valence-electron chi connectivity index (χ4n) is 2.87.